The van der Waals surface area contributed by atoms with Crippen LogP contribution in [0.2, 0.25) is 0 Å². The molecule has 0 saturated carbocycles. The van der Waals surface area contributed by atoms with Crippen molar-refractivity contribution in [3.8, 4) is 11.8 Å². The summed E-state index contributed by atoms with van der Waals surface area (Å²) in [5, 5.41) is 10.8. The number of rotatable bonds is 0. The lowest BCUT2D eigenvalue weighted by Gasteiger charge is -2.25. The summed E-state index contributed by atoms with van der Waals surface area (Å²) in [4.78, 5) is 13.4. The number of amides is 1. The predicted molar refractivity (Wildman–Crippen MR) is 75.8 cm³/mol. The van der Waals surface area contributed by atoms with Crippen LogP contribution in [0.1, 0.15) is 21.5 Å². The van der Waals surface area contributed by atoms with E-state index in [1.807, 2.05) is 30.3 Å². The Morgan fingerprint density at radius 2 is 1.70 bits per heavy atom. The number of nitrogens with zero attached hydrogens (tertiary/aromatic N) is 1. The van der Waals surface area contributed by atoms with Gasteiger partial charge in [-0.1, -0.05) is 42.3 Å². The van der Waals surface area contributed by atoms with E-state index < -0.39 is 5.72 Å². The molecule has 1 heterocycles. The Labute approximate surface area is 117 Å². The summed E-state index contributed by atoms with van der Waals surface area (Å²) in [5.74, 6) is 5.53. The zero-order chi connectivity index (χ0) is 14.2. The van der Waals surface area contributed by atoms with Gasteiger partial charge in [-0.05, 0) is 24.1 Å². The minimum atomic E-state index is -1.57. The zero-order valence-electron chi connectivity index (χ0n) is 11.0. The van der Waals surface area contributed by atoms with Crippen molar-refractivity contribution in [1.82, 2.24) is 4.90 Å². The van der Waals surface area contributed by atoms with Gasteiger partial charge in [0.05, 0.1) is 0 Å². The molecule has 0 unspecified atom stereocenters. The van der Waals surface area contributed by atoms with Crippen molar-refractivity contribution >= 4 is 5.91 Å². The number of fused-ring (bicyclic) bond motifs is 1. The average molecular weight is 263 g/mol. The first kappa shape index (κ1) is 12.5. The van der Waals surface area contributed by atoms with E-state index in [1.54, 1.807) is 31.3 Å². The molecule has 1 atom stereocenters. The molecule has 0 aliphatic carbocycles. The Morgan fingerprint density at radius 1 is 1.05 bits per heavy atom. The first-order valence-corrected chi connectivity index (χ1v) is 6.31. The summed E-state index contributed by atoms with van der Waals surface area (Å²) in [6.07, 6.45) is 0. The lowest BCUT2D eigenvalue weighted by atomic mass is 10.0. The fourth-order valence-electron chi connectivity index (χ4n) is 2.31. The van der Waals surface area contributed by atoms with E-state index >= 15 is 0 Å². The molecule has 3 nitrogen and oxygen atoms in total. The van der Waals surface area contributed by atoms with Crippen molar-refractivity contribution in [2.75, 3.05) is 7.05 Å². The number of hydrogen-bond donors (Lipinski definition) is 1. The van der Waals surface area contributed by atoms with Gasteiger partial charge in [-0.15, -0.1) is 0 Å². The lowest BCUT2D eigenvalue weighted by molar-refractivity contribution is -0.0223. The van der Waals surface area contributed by atoms with Gasteiger partial charge in [-0.25, -0.2) is 0 Å². The minimum Gasteiger partial charge on any atom is -0.357 e. The molecule has 2 aromatic rings. The van der Waals surface area contributed by atoms with Gasteiger partial charge in [0.2, 0.25) is 5.72 Å². The number of aliphatic hydroxyl groups is 1. The molecule has 3 rings (SSSR count). The van der Waals surface area contributed by atoms with Crippen LogP contribution in [-0.4, -0.2) is 23.0 Å². The predicted octanol–water partition coefficient (Wildman–Crippen LogP) is 1.97. The molecule has 0 bridgehead atoms. The molecule has 2 aromatic carbocycles. The Kier molecular flexibility index (Phi) is 2.81. The third-order valence-electron chi connectivity index (χ3n) is 3.48. The smallest absolute Gasteiger partial charge is 0.257 e. The molecule has 1 N–H and O–H groups in total. The molecule has 98 valence electrons. The van der Waals surface area contributed by atoms with Crippen LogP contribution >= 0.6 is 0 Å². The zero-order valence-corrected chi connectivity index (χ0v) is 11.0. The Balaban J connectivity index is 2.09. The minimum absolute atomic E-state index is 0.217. The average Bonchev–Trinajstić information content (AvgIpc) is 2.69. The van der Waals surface area contributed by atoms with Crippen molar-refractivity contribution in [2.24, 2.45) is 0 Å². The van der Waals surface area contributed by atoms with Crippen LogP contribution < -0.4 is 0 Å². The van der Waals surface area contributed by atoms with Crippen LogP contribution in [0.25, 0.3) is 0 Å². The van der Waals surface area contributed by atoms with Crippen LogP contribution in [0.3, 0.4) is 0 Å². The second-order valence-electron chi connectivity index (χ2n) is 4.70. The largest absolute Gasteiger partial charge is 0.357 e. The maximum Gasteiger partial charge on any atom is 0.257 e. The second kappa shape index (κ2) is 4.52. The number of carbonyl (C=O) groups is 1. The first-order valence-electron chi connectivity index (χ1n) is 6.31. The second-order valence-corrected chi connectivity index (χ2v) is 4.70. The molecule has 0 radical (unpaired) electrons. The van der Waals surface area contributed by atoms with E-state index in [4.69, 9.17) is 0 Å². The molecule has 0 fully saturated rings. The molecule has 3 heteroatoms. The number of carbonyl (C=O) groups excluding carboxylic acids is 1. The van der Waals surface area contributed by atoms with Crippen molar-refractivity contribution < 1.29 is 9.90 Å². The number of hydrogen-bond acceptors (Lipinski definition) is 2. The Bertz CT molecular complexity index is 727. The Hall–Kier alpha value is -2.57. The molecule has 0 saturated heterocycles. The van der Waals surface area contributed by atoms with Crippen LogP contribution in [-0.2, 0) is 5.72 Å². The van der Waals surface area contributed by atoms with Crippen LogP contribution in [0.5, 0.6) is 0 Å². The Morgan fingerprint density at radius 3 is 2.45 bits per heavy atom. The fraction of sp³-hybridized carbons (Fsp3) is 0.118. The van der Waals surface area contributed by atoms with Gasteiger partial charge in [-0.2, -0.15) is 0 Å². The van der Waals surface area contributed by atoms with Crippen molar-refractivity contribution in [1.29, 1.82) is 0 Å². The van der Waals surface area contributed by atoms with Crippen molar-refractivity contribution in [3.05, 3.63) is 71.3 Å². The summed E-state index contributed by atoms with van der Waals surface area (Å²) in [5.41, 5.74) is 0.269. The van der Waals surface area contributed by atoms with E-state index in [9.17, 15) is 9.90 Å². The SMILES string of the molecule is CN1C(=O)c2ccccc2[C@]1(O)C#Cc1ccccc1. The van der Waals surface area contributed by atoms with Crippen LogP contribution in [0, 0.1) is 11.8 Å². The lowest BCUT2D eigenvalue weighted by Crippen LogP contribution is -2.39. The third-order valence-corrected chi connectivity index (χ3v) is 3.48. The van der Waals surface area contributed by atoms with Crippen molar-refractivity contribution in [2.45, 2.75) is 5.72 Å². The summed E-state index contributed by atoms with van der Waals surface area (Å²) >= 11 is 0. The monoisotopic (exact) mass is 263 g/mol. The molecule has 0 aromatic heterocycles. The molecule has 1 aliphatic rings. The summed E-state index contributed by atoms with van der Waals surface area (Å²) in [7, 11) is 1.56. The molecular formula is C17H13NO2. The normalized spacial score (nSPS) is 20.3. The molecule has 20 heavy (non-hydrogen) atoms. The first-order chi connectivity index (χ1) is 9.63. The van der Waals surface area contributed by atoms with Gasteiger partial charge in [0.25, 0.3) is 5.91 Å². The van der Waals surface area contributed by atoms with E-state index in [1.165, 1.54) is 4.90 Å². The van der Waals surface area contributed by atoms with E-state index in [0.29, 0.717) is 11.1 Å². The maximum absolute atomic E-state index is 12.1. The summed E-state index contributed by atoms with van der Waals surface area (Å²) in [6.45, 7) is 0. The van der Waals surface area contributed by atoms with Crippen LogP contribution in [0.4, 0.5) is 0 Å². The number of benzene rings is 2. The summed E-state index contributed by atoms with van der Waals surface area (Å²) in [6, 6.07) is 16.4. The van der Waals surface area contributed by atoms with Gasteiger partial charge in [0.1, 0.15) is 0 Å². The fourth-order valence-corrected chi connectivity index (χ4v) is 2.31. The molecule has 1 aliphatic heterocycles. The van der Waals surface area contributed by atoms with Gasteiger partial charge >= 0.3 is 0 Å². The van der Waals surface area contributed by atoms with Gasteiger partial charge in [0, 0.05) is 23.7 Å². The van der Waals surface area contributed by atoms with Gasteiger partial charge in [0.15, 0.2) is 0 Å². The summed E-state index contributed by atoms with van der Waals surface area (Å²) < 4.78 is 0. The topological polar surface area (TPSA) is 40.5 Å². The highest BCUT2D eigenvalue weighted by atomic mass is 16.3. The standard InChI is InChI=1S/C17H13NO2/c1-18-16(19)14-9-5-6-10-15(14)17(18,20)12-11-13-7-3-2-4-8-13/h2-10,20H,1H3/t17-/m1/s1. The van der Waals surface area contributed by atoms with Crippen molar-refractivity contribution in [3.63, 3.8) is 0 Å². The quantitative estimate of drug-likeness (QED) is 0.738. The highest BCUT2D eigenvalue weighted by molar-refractivity contribution is 6.00. The highest BCUT2D eigenvalue weighted by Gasteiger charge is 2.45. The van der Waals surface area contributed by atoms with Gasteiger partial charge in [-0.3, -0.25) is 9.69 Å². The molecule has 0 spiro atoms. The van der Waals surface area contributed by atoms with Gasteiger partial charge < -0.3 is 5.11 Å². The van der Waals surface area contributed by atoms with E-state index in [0.717, 1.165) is 5.56 Å². The maximum atomic E-state index is 12.1. The van der Waals surface area contributed by atoms with Crippen LogP contribution in [0.15, 0.2) is 54.6 Å². The highest BCUT2D eigenvalue weighted by Crippen LogP contribution is 2.35. The van der Waals surface area contributed by atoms with E-state index in [2.05, 4.69) is 11.8 Å². The van der Waals surface area contributed by atoms with E-state index in [-0.39, 0.29) is 5.91 Å². The molecular weight excluding hydrogens is 250 g/mol. The third kappa shape index (κ3) is 1.78. The molecule has 1 amide bonds.